The van der Waals surface area contributed by atoms with E-state index in [-0.39, 0.29) is 36.4 Å². The van der Waals surface area contributed by atoms with Crippen molar-refractivity contribution in [1.29, 1.82) is 0 Å². The number of amides is 2. The third-order valence-electron chi connectivity index (χ3n) is 9.07. The number of methoxy groups -OCH3 is 2. The molecule has 4 rings (SSSR count). The summed E-state index contributed by atoms with van der Waals surface area (Å²) in [5.41, 5.74) is -0.815. The molecule has 2 amide bonds. The molecule has 47 heavy (non-hydrogen) atoms. The molecule has 1 aliphatic carbocycles. The number of halogens is 3. The maximum atomic E-state index is 14.6. The van der Waals surface area contributed by atoms with E-state index in [9.17, 15) is 31.2 Å². The van der Waals surface area contributed by atoms with Crippen LogP contribution >= 0.6 is 0 Å². The van der Waals surface area contributed by atoms with Crippen molar-refractivity contribution in [3.63, 3.8) is 0 Å². The van der Waals surface area contributed by atoms with Gasteiger partial charge in [-0.3, -0.25) is 14.3 Å². The van der Waals surface area contributed by atoms with Gasteiger partial charge in [-0.25, -0.2) is 8.42 Å². The Morgan fingerprint density at radius 3 is 2.21 bits per heavy atom. The van der Waals surface area contributed by atoms with Gasteiger partial charge < -0.3 is 19.1 Å². The fraction of sp³-hybridized carbons (Fsp3) is 0.588. The van der Waals surface area contributed by atoms with Crippen LogP contribution in [0, 0.1) is 17.3 Å². The van der Waals surface area contributed by atoms with Crippen molar-refractivity contribution in [2.75, 3.05) is 26.6 Å². The second-order valence-electron chi connectivity index (χ2n) is 13.4. The van der Waals surface area contributed by atoms with Crippen molar-refractivity contribution in [3.8, 4) is 5.75 Å². The summed E-state index contributed by atoms with van der Waals surface area (Å²) in [5, 5.41) is 0. The summed E-state index contributed by atoms with van der Waals surface area (Å²) in [7, 11) is -1.44. The first-order valence-electron chi connectivity index (χ1n) is 15.8. The molecule has 9 nitrogen and oxygen atoms in total. The minimum absolute atomic E-state index is 0.141. The Hall–Kier alpha value is -3.16. The maximum absolute atomic E-state index is 14.6. The zero-order valence-electron chi connectivity index (χ0n) is 27.5. The van der Waals surface area contributed by atoms with Gasteiger partial charge in [-0.1, -0.05) is 70.4 Å². The van der Waals surface area contributed by atoms with Gasteiger partial charge in [0.2, 0.25) is 15.9 Å². The number of ether oxygens (including phenoxy) is 3. The molecule has 1 saturated heterocycles. The number of rotatable bonds is 11. The minimum atomic E-state index is -4.60. The zero-order chi connectivity index (χ0) is 34.6. The van der Waals surface area contributed by atoms with E-state index in [1.807, 2.05) is 39.0 Å². The molecule has 13 heteroatoms. The van der Waals surface area contributed by atoms with Gasteiger partial charge in [-0.15, -0.1) is 0 Å². The van der Waals surface area contributed by atoms with E-state index in [2.05, 4.69) is 4.72 Å². The summed E-state index contributed by atoms with van der Waals surface area (Å²) >= 11 is 0. The van der Waals surface area contributed by atoms with E-state index in [1.54, 1.807) is 12.1 Å². The van der Waals surface area contributed by atoms with Crippen molar-refractivity contribution in [2.24, 2.45) is 17.3 Å². The van der Waals surface area contributed by atoms with Gasteiger partial charge in [0.25, 0.3) is 5.91 Å². The highest BCUT2D eigenvalue weighted by Crippen LogP contribution is 2.51. The van der Waals surface area contributed by atoms with Crippen LogP contribution in [0.1, 0.15) is 75.6 Å². The second kappa shape index (κ2) is 14.9. The van der Waals surface area contributed by atoms with Crippen LogP contribution in [0.2, 0.25) is 0 Å². The molecule has 2 aliphatic rings. The maximum Gasteiger partial charge on any atom is 0.416 e. The predicted molar refractivity (Wildman–Crippen MR) is 170 cm³/mol. The molecule has 2 aromatic rings. The van der Waals surface area contributed by atoms with Gasteiger partial charge in [0.15, 0.2) is 0 Å². The predicted octanol–water partition coefficient (Wildman–Crippen LogP) is 5.89. The monoisotopic (exact) mass is 682 g/mol. The van der Waals surface area contributed by atoms with Gasteiger partial charge in [-0.05, 0) is 42.0 Å². The van der Waals surface area contributed by atoms with Gasteiger partial charge in [-0.2, -0.15) is 13.2 Å². The van der Waals surface area contributed by atoms with Crippen molar-refractivity contribution in [2.45, 2.75) is 83.8 Å². The number of carbonyl (C=O) groups is 2. The number of benzene rings is 2. The fourth-order valence-electron chi connectivity index (χ4n) is 6.88. The zero-order valence-corrected chi connectivity index (χ0v) is 28.3. The Balaban J connectivity index is 1.86. The van der Waals surface area contributed by atoms with Gasteiger partial charge in [0.1, 0.15) is 11.8 Å². The highest BCUT2D eigenvalue weighted by Gasteiger charge is 2.59. The lowest BCUT2D eigenvalue weighted by atomic mass is 9.73. The number of nitrogens with one attached hydrogen (secondary N) is 1. The van der Waals surface area contributed by atoms with E-state index in [1.165, 1.54) is 25.2 Å². The Bertz CT molecular complexity index is 1490. The lowest BCUT2D eigenvalue weighted by molar-refractivity contribution is -0.145. The molecule has 0 aromatic heterocycles. The fourth-order valence-corrected chi connectivity index (χ4v) is 7.79. The smallest absolute Gasteiger partial charge is 0.416 e. The average Bonchev–Trinajstić information content (AvgIpc) is 3.38. The lowest BCUT2D eigenvalue weighted by Gasteiger charge is -2.37. The molecule has 1 saturated carbocycles. The molecule has 0 bridgehead atoms. The number of sulfonamides is 1. The highest BCUT2D eigenvalue weighted by atomic mass is 32.2. The van der Waals surface area contributed by atoms with E-state index >= 15 is 0 Å². The molecule has 4 atom stereocenters. The molecule has 1 aliphatic heterocycles. The van der Waals surface area contributed by atoms with E-state index in [4.69, 9.17) is 14.2 Å². The highest BCUT2D eigenvalue weighted by molar-refractivity contribution is 7.90. The topological polar surface area (TPSA) is 111 Å². The number of alkyl halides is 3. The summed E-state index contributed by atoms with van der Waals surface area (Å²) < 4.78 is 86.0. The molecule has 0 radical (unpaired) electrons. The van der Waals surface area contributed by atoms with Crippen molar-refractivity contribution in [3.05, 3.63) is 65.2 Å². The average molecular weight is 683 g/mol. The quantitative estimate of drug-likeness (QED) is 0.315. The van der Waals surface area contributed by atoms with Crippen LogP contribution in [0.5, 0.6) is 5.75 Å². The number of carbonyl (C=O) groups excluding carboxylic acids is 2. The van der Waals surface area contributed by atoms with Gasteiger partial charge in [0, 0.05) is 24.5 Å². The Morgan fingerprint density at radius 1 is 0.979 bits per heavy atom. The summed E-state index contributed by atoms with van der Waals surface area (Å²) in [5.74, 6) is -2.56. The standard InChI is InChI=1S/C34H45F3N2O7S/c1-33(2,3)27-29(31(40)38-47(42,43)19-18-44-4)39(32(41)23-14-10-7-11-15-23)28(22-12-8-6-9-13-22)30(27)46-21-24-20-25(34(35,36)37)16-17-26(24)45-5/h6,8-9,12-13,16-17,20,23,27-30H,7,10-11,14-15,18-19,21H2,1-5H3,(H,38,40)/t27-,28+,29+,30+/m1/s1. The first-order chi connectivity index (χ1) is 22.1. The number of hydrogen-bond acceptors (Lipinski definition) is 7. The number of hydrogen-bond donors (Lipinski definition) is 1. The molecule has 2 aromatic carbocycles. The van der Waals surface area contributed by atoms with E-state index < -0.39 is 62.9 Å². The summed E-state index contributed by atoms with van der Waals surface area (Å²) in [6.45, 7) is 5.15. The first-order valence-corrected chi connectivity index (χ1v) is 17.5. The summed E-state index contributed by atoms with van der Waals surface area (Å²) in [6.07, 6.45) is -1.57. The summed E-state index contributed by atoms with van der Waals surface area (Å²) in [6, 6.07) is 10.0. The van der Waals surface area contributed by atoms with Crippen LogP contribution in [0.25, 0.3) is 0 Å². The lowest BCUT2D eigenvalue weighted by Crippen LogP contribution is -2.54. The van der Waals surface area contributed by atoms with Crippen molar-refractivity contribution < 1.29 is 45.4 Å². The van der Waals surface area contributed by atoms with Crippen LogP contribution in [-0.4, -0.2) is 63.9 Å². The molecule has 260 valence electrons. The number of likely N-dealkylation sites (tertiary alicyclic amines) is 1. The molecule has 0 spiro atoms. The molecule has 2 fully saturated rings. The molecule has 1 N–H and O–H groups in total. The number of nitrogens with zero attached hydrogens (tertiary/aromatic N) is 1. The van der Waals surface area contributed by atoms with Gasteiger partial charge >= 0.3 is 6.18 Å². The van der Waals surface area contributed by atoms with Crippen molar-refractivity contribution in [1.82, 2.24) is 9.62 Å². The van der Waals surface area contributed by atoms with Crippen LogP contribution in [0.3, 0.4) is 0 Å². The van der Waals surface area contributed by atoms with Crippen LogP contribution in [0.15, 0.2) is 48.5 Å². The molecular formula is C34H45F3N2O7S. The van der Waals surface area contributed by atoms with Gasteiger partial charge in [0.05, 0.1) is 43.8 Å². The normalized spacial score (nSPS) is 22.7. The minimum Gasteiger partial charge on any atom is -0.496 e. The first kappa shape index (κ1) is 36.7. The third kappa shape index (κ3) is 8.66. The Kier molecular flexibility index (Phi) is 11.7. The molecule has 0 unspecified atom stereocenters. The molecule has 1 heterocycles. The van der Waals surface area contributed by atoms with Crippen LogP contribution in [0.4, 0.5) is 13.2 Å². The SMILES string of the molecule is COCCS(=O)(=O)NC(=O)[C@@H]1[C@@H](C(C)(C)C)[C@H](OCc2cc(C(F)(F)F)ccc2OC)[C@H](c2ccccc2)N1C(=O)C1CCCCC1. The third-order valence-corrected chi connectivity index (χ3v) is 10.3. The van der Waals surface area contributed by atoms with Crippen molar-refractivity contribution >= 4 is 21.8 Å². The summed E-state index contributed by atoms with van der Waals surface area (Å²) in [4.78, 5) is 30.3. The second-order valence-corrected chi connectivity index (χ2v) is 15.2. The largest absolute Gasteiger partial charge is 0.496 e. The van der Waals surface area contributed by atoms with E-state index in [0.717, 1.165) is 31.4 Å². The molecular weight excluding hydrogens is 637 g/mol. The van der Waals surface area contributed by atoms with E-state index in [0.29, 0.717) is 18.4 Å². The Morgan fingerprint density at radius 2 is 1.64 bits per heavy atom. The Labute approximate surface area is 275 Å². The van der Waals surface area contributed by atoms with Crippen LogP contribution in [-0.2, 0) is 41.9 Å². The van der Waals surface area contributed by atoms with Crippen LogP contribution < -0.4 is 9.46 Å².